The topological polar surface area (TPSA) is 44.5 Å². The molecule has 1 atom stereocenters. The van der Waals surface area contributed by atoms with Crippen LogP contribution in [0.4, 0.5) is 0 Å². The average Bonchev–Trinajstić information content (AvgIpc) is 2.18. The van der Waals surface area contributed by atoms with E-state index in [1.54, 1.807) is 14.2 Å². The molecule has 86 valence electrons. The van der Waals surface area contributed by atoms with Crippen molar-refractivity contribution in [1.82, 2.24) is 0 Å². The molecule has 2 N–H and O–H groups in total. The minimum atomic E-state index is -1.85. The Kier molecular flexibility index (Phi) is 7.45. The van der Waals surface area contributed by atoms with Gasteiger partial charge in [0.05, 0.1) is 0 Å². The third-order valence-corrected chi connectivity index (χ3v) is 5.90. The predicted octanol–water partition coefficient (Wildman–Crippen LogP) is 2.12. The van der Waals surface area contributed by atoms with Crippen molar-refractivity contribution >= 4 is 8.56 Å². The van der Waals surface area contributed by atoms with Gasteiger partial charge >= 0.3 is 8.56 Å². The molecule has 0 spiro atoms. The summed E-state index contributed by atoms with van der Waals surface area (Å²) >= 11 is 0. The summed E-state index contributed by atoms with van der Waals surface area (Å²) in [6.45, 7) is 5.18. The van der Waals surface area contributed by atoms with Gasteiger partial charge in [0.15, 0.2) is 0 Å². The Bertz CT molecular complexity index is 140. The maximum atomic E-state index is 5.46. The molecule has 0 saturated heterocycles. The molecule has 14 heavy (non-hydrogen) atoms. The average molecular weight is 219 g/mol. The first-order valence-electron chi connectivity index (χ1n) is 5.38. The van der Waals surface area contributed by atoms with Crippen molar-refractivity contribution in [2.75, 3.05) is 20.8 Å². The highest BCUT2D eigenvalue weighted by atomic mass is 28.4. The third kappa shape index (κ3) is 5.75. The minimum Gasteiger partial charge on any atom is -0.398 e. The van der Waals surface area contributed by atoms with E-state index in [1.807, 2.05) is 0 Å². The lowest BCUT2D eigenvalue weighted by molar-refractivity contribution is 0.241. The Morgan fingerprint density at radius 3 is 2.21 bits per heavy atom. The van der Waals surface area contributed by atoms with Crippen molar-refractivity contribution in [3.8, 4) is 0 Å². The summed E-state index contributed by atoms with van der Waals surface area (Å²) in [5.41, 5.74) is 5.45. The number of hydrogen-bond donors (Lipinski definition) is 1. The second kappa shape index (κ2) is 7.40. The maximum absolute atomic E-state index is 5.46. The highest BCUT2D eigenvalue weighted by Gasteiger charge is 2.30. The minimum absolute atomic E-state index is 0.679. The molecule has 0 radical (unpaired) electrons. The predicted molar refractivity (Wildman–Crippen MR) is 62.5 cm³/mol. The highest BCUT2D eigenvalue weighted by Crippen LogP contribution is 2.22. The summed E-state index contributed by atoms with van der Waals surface area (Å²) < 4.78 is 10.9. The van der Waals surface area contributed by atoms with E-state index in [0.717, 1.165) is 19.0 Å². The zero-order chi connectivity index (χ0) is 11.0. The molecule has 0 bridgehead atoms. The Morgan fingerprint density at radius 1 is 1.21 bits per heavy atom. The van der Waals surface area contributed by atoms with Crippen molar-refractivity contribution in [3.63, 3.8) is 0 Å². The lowest BCUT2D eigenvalue weighted by atomic mass is 10.1. The molecule has 0 saturated carbocycles. The van der Waals surface area contributed by atoms with Crippen LogP contribution >= 0.6 is 0 Å². The first-order valence-corrected chi connectivity index (χ1v) is 7.90. The Balaban J connectivity index is 3.73. The summed E-state index contributed by atoms with van der Waals surface area (Å²) in [5.74, 6) is 0.679. The molecule has 0 fully saturated rings. The van der Waals surface area contributed by atoms with Crippen LogP contribution in [0.3, 0.4) is 0 Å². The molecule has 0 amide bonds. The van der Waals surface area contributed by atoms with Gasteiger partial charge in [-0.2, -0.15) is 0 Å². The van der Waals surface area contributed by atoms with E-state index in [4.69, 9.17) is 14.6 Å². The van der Waals surface area contributed by atoms with Gasteiger partial charge in [-0.15, -0.1) is 0 Å². The fourth-order valence-corrected chi connectivity index (χ4v) is 3.59. The zero-order valence-electron chi connectivity index (χ0n) is 10.0. The van der Waals surface area contributed by atoms with Crippen LogP contribution in [0.25, 0.3) is 0 Å². The van der Waals surface area contributed by atoms with Crippen molar-refractivity contribution in [3.05, 3.63) is 0 Å². The molecule has 0 rings (SSSR count). The van der Waals surface area contributed by atoms with Crippen LogP contribution in [-0.2, 0) is 8.85 Å². The maximum Gasteiger partial charge on any atom is 0.334 e. The van der Waals surface area contributed by atoms with Crippen molar-refractivity contribution in [1.29, 1.82) is 0 Å². The van der Waals surface area contributed by atoms with Crippen molar-refractivity contribution in [2.24, 2.45) is 11.7 Å². The standard InChI is InChI=1S/C10H25NO2Si/c1-10(7-5-6-8-11)9-14(4,12-2)13-3/h10H,5-9,11H2,1-4H3. The fourth-order valence-electron chi connectivity index (χ4n) is 1.62. The monoisotopic (exact) mass is 219 g/mol. The second-order valence-electron chi connectivity index (χ2n) is 4.14. The van der Waals surface area contributed by atoms with Crippen LogP contribution in [0, 0.1) is 5.92 Å². The van der Waals surface area contributed by atoms with Crippen LogP contribution < -0.4 is 5.73 Å². The molecule has 0 aromatic heterocycles. The molecule has 3 nitrogen and oxygen atoms in total. The van der Waals surface area contributed by atoms with Crippen LogP contribution in [-0.4, -0.2) is 29.3 Å². The molecule has 0 aliphatic heterocycles. The molecule has 1 unspecified atom stereocenters. The largest absolute Gasteiger partial charge is 0.398 e. The lowest BCUT2D eigenvalue weighted by Crippen LogP contribution is -2.37. The summed E-state index contributed by atoms with van der Waals surface area (Å²) in [6, 6.07) is 1.07. The summed E-state index contributed by atoms with van der Waals surface area (Å²) in [6.07, 6.45) is 3.57. The second-order valence-corrected chi connectivity index (χ2v) is 7.63. The third-order valence-electron chi connectivity index (χ3n) is 2.73. The number of rotatable bonds is 8. The van der Waals surface area contributed by atoms with Gasteiger partial charge in [-0.1, -0.05) is 19.8 Å². The first-order chi connectivity index (χ1) is 6.58. The van der Waals surface area contributed by atoms with Crippen LogP contribution in [0.2, 0.25) is 12.6 Å². The number of hydrogen-bond acceptors (Lipinski definition) is 3. The lowest BCUT2D eigenvalue weighted by Gasteiger charge is -2.25. The van der Waals surface area contributed by atoms with Gasteiger partial charge in [-0.3, -0.25) is 0 Å². The van der Waals surface area contributed by atoms with E-state index in [0.29, 0.717) is 5.92 Å². The van der Waals surface area contributed by atoms with Crippen LogP contribution in [0.1, 0.15) is 26.2 Å². The smallest absolute Gasteiger partial charge is 0.334 e. The SMILES string of the molecule is CO[Si](C)(CC(C)CCCCN)OC. The van der Waals surface area contributed by atoms with E-state index in [2.05, 4.69) is 13.5 Å². The number of unbranched alkanes of at least 4 members (excludes halogenated alkanes) is 1. The van der Waals surface area contributed by atoms with Gasteiger partial charge in [0.1, 0.15) is 0 Å². The van der Waals surface area contributed by atoms with Gasteiger partial charge in [0.25, 0.3) is 0 Å². The van der Waals surface area contributed by atoms with E-state index in [-0.39, 0.29) is 0 Å². The molecule has 0 aromatic rings. The van der Waals surface area contributed by atoms with Gasteiger partial charge < -0.3 is 14.6 Å². The molecule has 0 aliphatic carbocycles. The van der Waals surface area contributed by atoms with E-state index in [9.17, 15) is 0 Å². The van der Waals surface area contributed by atoms with Gasteiger partial charge in [-0.25, -0.2) is 0 Å². The molecule has 0 aromatic carbocycles. The van der Waals surface area contributed by atoms with Crippen molar-refractivity contribution < 1.29 is 8.85 Å². The highest BCUT2D eigenvalue weighted by molar-refractivity contribution is 6.65. The molecule has 0 heterocycles. The zero-order valence-corrected chi connectivity index (χ0v) is 11.0. The first kappa shape index (κ1) is 14.1. The quantitative estimate of drug-likeness (QED) is 0.502. The van der Waals surface area contributed by atoms with Crippen LogP contribution in [0.5, 0.6) is 0 Å². The Labute approximate surface area is 89.2 Å². The van der Waals surface area contributed by atoms with E-state index >= 15 is 0 Å². The Hall–Kier alpha value is 0.0969. The normalized spacial score (nSPS) is 14.4. The fraction of sp³-hybridized carbons (Fsp3) is 1.00. The van der Waals surface area contributed by atoms with Crippen molar-refractivity contribution in [2.45, 2.75) is 38.8 Å². The molecule has 4 heteroatoms. The van der Waals surface area contributed by atoms with Gasteiger partial charge in [-0.05, 0) is 31.5 Å². The Morgan fingerprint density at radius 2 is 1.79 bits per heavy atom. The van der Waals surface area contributed by atoms with Crippen LogP contribution in [0.15, 0.2) is 0 Å². The molecular formula is C10H25NO2Si. The summed E-state index contributed by atoms with van der Waals surface area (Å²) in [5, 5.41) is 0. The van der Waals surface area contributed by atoms with Gasteiger partial charge in [0.2, 0.25) is 0 Å². The molecule has 0 aliphatic rings. The molecular weight excluding hydrogens is 194 g/mol. The van der Waals surface area contributed by atoms with Gasteiger partial charge in [0, 0.05) is 14.2 Å². The summed E-state index contributed by atoms with van der Waals surface area (Å²) in [7, 11) is 1.65. The summed E-state index contributed by atoms with van der Waals surface area (Å²) in [4.78, 5) is 0. The van der Waals surface area contributed by atoms with E-state index < -0.39 is 8.56 Å². The van der Waals surface area contributed by atoms with E-state index in [1.165, 1.54) is 12.8 Å². The number of nitrogens with two attached hydrogens (primary N) is 1.